The van der Waals surface area contributed by atoms with Crippen LogP contribution in [0.5, 0.6) is 0 Å². The molecule has 0 saturated carbocycles. The first-order valence-corrected chi connectivity index (χ1v) is 7.15. The Hall–Kier alpha value is -0.315. The molecule has 0 N–H and O–H groups in total. The van der Waals surface area contributed by atoms with E-state index >= 15 is 0 Å². The van der Waals surface area contributed by atoms with E-state index in [9.17, 15) is 0 Å². The van der Waals surface area contributed by atoms with Crippen molar-refractivity contribution in [2.75, 3.05) is 19.6 Å². The lowest BCUT2D eigenvalue weighted by Gasteiger charge is -2.32. The summed E-state index contributed by atoms with van der Waals surface area (Å²) in [5.41, 5.74) is -0.450. The monoisotopic (exact) mass is 251 g/mol. The zero-order valence-corrected chi connectivity index (χ0v) is 12.2. The van der Waals surface area contributed by atoms with Gasteiger partial charge in [0.1, 0.15) is 0 Å². The summed E-state index contributed by atoms with van der Waals surface area (Å²) in [5.74, 6) is 2.06. The van der Waals surface area contributed by atoms with Crippen LogP contribution >= 0.6 is 0 Å². The summed E-state index contributed by atoms with van der Waals surface area (Å²) in [6.45, 7) is 12.1. The summed E-state index contributed by atoms with van der Waals surface area (Å²) in [7, 11) is -0.187. The van der Waals surface area contributed by atoms with Gasteiger partial charge in [-0.3, -0.25) is 0 Å². The van der Waals surface area contributed by atoms with Crippen LogP contribution in [-0.4, -0.2) is 42.9 Å². The molecule has 0 spiro atoms. The largest absolute Gasteiger partial charge is 0.486 e. The summed E-state index contributed by atoms with van der Waals surface area (Å²) >= 11 is 0. The predicted molar refractivity (Wildman–Crippen MR) is 75.5 cm³/mol. The lowest BCUT2D eigenvalue weighted by atomic mass is 9.90. The lowest BCUT2D eigenvalue weighted by molar-refractivity contribution is 0.00578. The predicted octanol–water partition coefficient (Wildman–Crippen LogP) is 2.66. The molecule has 0 aromatic heterocycles. The zero-order chi connectivity index (χ0) is 13.2. The molecule has 0 bridgehead atoms. The van der Waals surface area contributed by atoms with Gasteiger partial charge in [0.05, 0.1) is 11.2 Å². The van der Waals surface area contributed by atoms with Gasteiger partial charge >= 0.3 is 7.12 Å². The molecule has 0 atom stereocenters. The average Bonchev–Trinajstić information content (AvgIpc) is 2.81. The molecule has 0 amide bonds. The van der Waals surface area contributed by atoms with Gasteiger partial charge in [0.2, 0.25) is 0 Å². The van der Waals surface area contributed by atoms with Crippen molar-refractivity contribution in [3.05, 3.63) is 12.1 Å². The van der Waals surface area contributed by atoms with E-state index in [0.717, 1.165) is 13.0 Å². The highest BCUT2D eigenvalue weighted by molar-refractivity contribution is 6.51. The Balaban J connectivity index is 1.73. The molecule has 0 aromatic carbocycles. The van der Waals surface area contributed by atoms with Gasteiger partial charge < -0.3 is 14.2 Å². The standard InChI is InChI=1S/C14H26BNO2/c1-13(2)14(3,4)18-15(17-13)9-5-6-10-16-11-7-8-12-16/h5,9H,6-8,10-12H2,1-4H3. The van der Waals surface area contributed by atoms with Gasteiger partial charge in [-0.05, 0) is 60.0 Å². The Labute approximate surface area is 112 Å². The summed E-state index contributed by atoms with van der Waals surface area (Å²) in [6.07, 6.45) is 6.01. The summed E-state index contributed by atoms with van der Waals surface area (Å²) in [5, 5.41) is 0. The number of likely N-dealkylation sites (tertiary alicyclic amines) is 1. The molecule has 2 heterocycles. The maximum absolute atomic E-state index is 5.91. The highest BCUT2D eigenvalue weighted by atomic mass is 16.7. The third-order valence-electron chi connectivity index (χ3n) is 4.38. The number of hydrogen-bond acceptors (Lipinski definition) is 3. The Morgan fingerprint density at radius 1 is 1.06 bits per heavy atom. The molecular formula is C14H26BNO2. The van der Waals surface area contributed by atoms with Crippen molar-refractivity contribution in [3.63, 3.8) is 0 Å². The zero-order valence-electron chi connectivity index (χ0n) is 12.2. The van der Waals surface area contributed by atoms with Crippen molar-refractivity contribution in [2.45, 2.75) is 58.2 Å². The van der Waals surface area contributed by atoms with Crippen LogP contribution in [0.2, 0.25) is 0 Å². The normalized spacial score (nSPS) is 27.4. The van der Waals surface area contributed by atoms with Gasteiger partial charge in [-0.25, -0.2) is 0 Å². The molecule has 0 unspecified atom stereocenters. The van der Waals surface area contributed by atoms with Crippen molar-refractivity contribution in [1.29, 1.82) is 0 Å². The van der Waals surface area contributed by atoms with E-state index in [1.54, 1.807) is 0 Å². The van der Waals surface area contributed by atoms with Crippen LogP contribution in [0, 0.1) is 0 Å². The van der Waals surface area contributed by atoms with Crippen molar-refractivity contribution in [1.82, 2.24) is 4.90 Å². The molecule has 2 aliphatic rings. The van der Waals surface area contributed by atoms with Gasteiger partial charge in [0.15, 0.2) is 0 Å². The molecule has 2 aliphatic heterocycles. The number of hydrogen-bond donors (Lipinski definition) is 0. The molecule has 0 aliphatic carbocycles. The van der Waals surface area contributed by atoms with Crippen molar-refractivity contribution < 1.29 is 9.31 Å². The minimum atomic E-state index is -0.225. The maximum atomic E-state index is 5.91. The minimum Gasteiger partial charge on any atom is -0.400 e. The fraction of sp³-hybridized carbons (Fsp3) is 0.857. The van der Waals surface area contributed by atoms with E-state index in [-0.39, 0.29) is 18.3 Å². The highest BCUT2D eigenvalue weighted by Gasteiger charge is 2.49. The van der Waals surface area contributed by atoms with Gasteiger partial charge in [0.25, 0.3) is 0 Å². The van der Waals surface area contributed by atoms with Crippen LogP contribution in [0.1, 0.15) is 47.0 Å². The molecule has 102 valence electrons. The Kier molecular flexibility index (Phi) is 4.20. The number of rotatable bonds is 4. The SMILES string of the molecule is CC1(C)OB(C=CCCN2CCCC2)OC1(C)C. The summed E-state index contributed by atoms with van der Waals surface area (Å²) < 4.78 is 11.8. The minimum absolute atomic E-state index is 0.187. The van der Waals surface area contributed by atoms with Crippen LogP contribution in [0.15, 0.2) is 12.1 Å². The van der Waals surface area contributed by atoms with Crippen LogP contribution in [0.3, 0.4) is 0 Å². The first kappa shape index (κ1) is 14.1. The first-order chi connectivity index (χ1) is 8.41. The second-order valence-corrected chi connectivity index (χ2v) is 6.39. The Bertz CT molecular complexity index is 293. The smallest absolute Gasteiger partial charge is 0.400 e. The first-order valence-electron chi connectivity index (χ1n) is 7.15. The molecule has 4 heteroatoms. The molecular weight excluding hydrogens is 225 g/mol. The van der Waals surface area contributed by atoms with Crippen LogP contribution < -0.4 is 0 Å². The quantitative estimate of drug-likeness (QED) is 0.717. The van der Waals surface area contributed by atoms with E-state index in [2.05, 4.69) is 44.6 Å². The molecule has 18 heavy (non-hydrogen) atoms. The molecule has 2 rings (SSSR count). The second kappa shape index (κ2) is 5.36. The van der Waals surface area contributed by atoms with Crippen LogP contribution in [0.4, 0.5) is 0 Å². The van der Waals surface area contributed by atoms with E-state index in [1.807, 2.05) is 0 Å². The van der Waals surface area contributed by atoms with Crippen LogP contribution in [-0.2, 0) is 9.31 Å². The van der Waals surface area contributed by atoms with Gasteiger partial charge in [-0.2, -0.15) is 0 Å². The summed E-state index contributed by atoms with van der Waals surface area (Å²) in [6, 6.07) is 0. The highest BCUT2D eigenvalue weighted by Crippen LogP contribution is 2.36. The Morgan fingerprint density at radius 3 is 2.17 bits per heavy atom. The molecule has 0 radical (unpaired) electrons. The molecule has 2 saturated heterocycles. The van der Waals surface area contributed by atoms with Crippen molar-refractivity contribution in [3.8, 4) is 0 Å². The van der Waals surface area contributed by atoms with E-state index in [0.29, 0.717) is 0 Å². The van der Waals surface area contributed by atoms with E-state index in [1.165, 1.54) is 25.9 Å². The van der Waals surface area contributed by atoms with Gasteiger partial charge in [0, 0.05) is 6.54 Å². The van der Waals surface area contributed by atoms with Gasteiger partial charge in [-0.15, -0.1) is 0 Å². The summed E-state index contributed by atoms with van der Waals surface area (Å²) in [4.78, 5) is 2.52. The van der Waals surface area contributed by atoms with E-state index in [4.69, 9.17) is 9.31 Å². The topological polar surface area (TPSA) is 21.7 Å². The Morgan fingerprint density at radius 2 is 1.61 bits per heavy atom. The molecule has 3 nitrogen and oxygen atoms in total. The van der Waals surface area contributed by atoms with Crippen molar-refractivity contribution in [2.24, 2.45) is 0 Å². The maximum Gasteiger partial charge on any atom is 0.486 e. The second-order valence-electron chi connectivity index (χ2n) is 6.39. The fourth-order valence-electron chi connectivity index (χ4n) is 2.44. The lowest BCUT2D eigenvalue weighted by Crippen LogP contribution is -2.41. The third-order valence-corrected chi connectivity index (χ3v) is 4.38. The van der Waals surface area contributed by atoms with Crippen molar-refractivity contribution >= 4 is 7.12 Å². The fourth-order valence-corrected chi connectivity index (χ4v) is 2.44. The van der Waals surface area contributed by atoms with Gasteiger partial charge in [-0.1, -0.05) is 12.1 Å². The average molecular weight is 251 g/mol. The third kappa shape index (κ3) is 3.17. The molecule has 0 aromatic rings. The molecule has 2 fully saturated rings. The van der Waals surface area contributed by atoms with Crippen LogP contribution in [0.25, 0.3) is 0 Å². The van der Waals surface area contributed by atoms with E-state index < -0.39 is 0 Å². The number of nitrogens with zero attached hydrogens (tertiary/aromatic N) is 1.